The SMILES string of the molecule is N#CC1(C#N)C(c2ccccc2)C(C(=O)c2cccc(Br)c2)N2c3ccc(Cl)cc3C=CC21. The first-order valence-corrected chi connectivity index (χ1v) is 11.6. The number of rotatable bonds is 3. The second-order valence-corrected chi connectivity index (χ2v) is 9.57. The maximum absolute atomic E-state index is 14.1. The number of hydrogen-bond acceptors (Lipinski definition) is 4. The van der Waals surface area contributed by atoms with Gasteiger partial charge in [-0.05, 0) is 41.5 Å². The van der Waals surface area contributed by atoms with Crippen LogP contribution in [0.25, 0.3) is 6.08 Å². The van der Waals surface area contributed by atoms with Gasteiger partial charge in [0.2, 0.25) is 0 Å². The summed E-state index contributed by atoms with van der Waals surface area (Å²) in [6, 6.07) is 25.4. The molecule has 3 atom stereocenters. The van der Waals surface area contributed by atoms with Crippen molar-refractivity contribution in [2.45, 2.75) is 18.0 Å². The molecular formula is C27H17BrClN3O. The van der Waals surface area contributed by atoms with Gasteiger partial charge in [-0.1, -0.05) is 82.1 Å². The van der Waals surface area contributed by atoms with E-state index >= 15 is 0 Å². The molecule has 0 aliphatic carbocycles. The number of nitrogens with zero attached hydrogens (tertiary/aromatic N) is 3. The Balaban J connectivity index is 1.79. The topological polar surface area (TPSA) is 67.9 Å². The molecular weight excluding hydrogens is 498 g/mol. The van der Waals surface area contributed by atoms with Crippen LogP contribution >= 0.6 is 27.5 Å². The molecule has 0 aromatic heterocycles. The Bertz CT molecular complexity index is 1360. The number of halogens is 2. The van der Waals surface area contributed by atoms with E-state index in [1.165, 1.54) is 0 Å². The van der Waals surface area contributed by atoms with Crippen LogP contribution < -0.4 is 4.90 Å². The molecule has 6 heteroatoms. The molecule has 0 amide bonds. The van der Waals surface area contributed by atoms with Crippen LogP contribution in [0.3, 0.4) is 0 Å². The number of benzene rings is 3. The molecule has 0 saturated carbocycles. The van der Waals surface area contributed by atoms with Crippen molar-refractivity contribution < 1.29 is 4.79 Å². The van der Waals surface area contributed by atoms with Gasteiger partial charge in [0.15, 0.2) is 11.2 Å². The lowest BCUT2D eigenvalue weighted by Crippen LogP contribution is -2.44. The monoisotopic (exact) mass is 513 g/mol. The zero-order valence-corrected chi connectivity index (χ0v) is 19.7. The second-order valence-electron chi connectivity index (χ2n) is 8.21. The number of carbonyl (C=O) groups is 1. The summed E-state index contributed by atoms with van der Waals surface area (Å²) >= 11 is 9.69. The minimum absolute atomic E-state index is 0.140. The van der Waals surface area contributed by atoms with Gasteiger partial charge in [0.1, 0.15) is 6.04 Å². The first-order valence-electron chi connectivity index (χ1n) is 10.4. The number of ketones is 1. The van der Waals surface area contributed by atoms with Crippen molar-refractivity contribution in [3.8, 4) is 12.1 Å². The molecule has 0 N–H and O–H groups in total. The number of anilines is 1. The molecule has 160 valence electrons. The van der Waals surface area contributed by atoms with E-state index in [1.807, 2.05) is 71.6 Å². The molecule has 5 rings (SSSR count). The molecule has 3 unspecified atom stereocenters. The summed E-state index contributed by atoms with van der Waals surface area (Å²) in [5.74, 6) is -0.796. The Morgan fingerprint density at radius 3 is 2.45 bits per heavy atom. The molecule has 1 fully saturated rings. The summed E-state index contributed by atoms with van der Waals surface area (Å²) in [6.07, 6.45) is 3.75. The summed E-state index contributed by atoms with van der Waals surface area (Å²) in [4.78, 5) is 16.0. The van der Waals surface area contributed by atoms with Crippen molar-refractivity contribution in [3.05, 3.63) is 105 Å². The molecule has 0 spiro atoms. The van der Waals surface area contributed by atoms with E-state index < -0.39 is 23.4 Å². The normalized spacial score (nSPS) is 22.1. The fraction of sp³-hybridized carbons (Fsp3) is 0.148. The Labute approximate surface area is 205 Å². The number of Topliss-reactive ketones (excluding diaryl/α,β-unsaturated/α-hetero) is 1. The number of carbonyl (C=O) groups excluding carboxylic acids is 1. The molecule has 2 aliphatic rings. The zero-order chi connectivity index (χ0) is 23.2. The standard InChI is InChI=1S/C27H17BrClN3O/c28-20-8-4-7-19(13-20)26(33)25-24(17-5-2-1-3-6-17)27(15-30,16-31)23-12-9-18-14-21(29)10-11-22(18)32(23)25/h1-14,23-25H. The Kier molecular flexibility index (Phi) is 5.33. The highest BCUT2D eigenvalue weighted by molar-refractivity contribution is 9.10. The minimum atomic E-state index is -1.46. The first-order chi connectivity index (χ1) is 16.0. The van der Waals surface area contributed by atoms with Gasteiger partial charge in [-0.3, -0.25) is 4.79 Å². The van der Waals surface area contributed by atoms with Crippen molar-refractivity contribution in [1.29, 1.82) is 10.5 Å². The van der Waals surface area contributed by atoms with Crippen LogP contribution in [-0.4, -0.2) is 17.9 Å². The van der Waals surface area contributed by atoms with Gasteiger partial charge in [0.05, 0.1) is 18.2 Å². The van der Waals surface area contributed by atoms with Crippen molar-refractivity contribution in [3.63, 3.8) is 0 Å². The highest BCUT2D eigenvalue weighted by Gasteiger charge is 2.63. The first kappa shape index (κ1) is 21.5. The van der Waals surface area contributed by atoms with E-state index in [4.69, 9.17) is 11.6 Å². The van der Waals surface area contributed by atoms with Gasteiger partial charge in [0.25, 0.3) is 0 Å². The van der Waals surface area contributed by atoms with Crippen molar-refractivity contribution in [1.82, 2.24) is 0 Å². The summed E-state index contributed by atoms with van der Waals surface area (Å²) in [7, 11) is 0. The Morgan fingerprint density at radius 2 is 1.76 bits per heavy atom. The molecule has 3 aromatic carbocycles. The van der Waals surface area contributed by atoms with Gasteiger partial charge in [0, 0.05) is 26.7 Å². The van der Waals surface area contributed by atoms with Crippen LogP contribution in [0.2, 0.25) is 5.02 Å². The summed E-state index contributed by atoms with van der Waals surface area (Å²) in [5.41, 5.74) is 1.48. The third kappa shape index (κ3) is 3.28. The summed E-state index contributed by atoms with van der Waals surface area (Å²) in [5, 5.41) is 21.4. The smallest absolute Gasteiger partial charge is 0.186 e. The summed E-state index contributed by atoms with van der Waals surface area (Å²) in [6.45, 7) is 0. The van der Waals surface area contributed by atoms with E-state index in [0.717, 1.165) is 21.3 Å². The second kappa shape index (κ2) is 8.19. The summed E-state index contributed by atoms with van der Waals surface area (Å²) < 4.78 is 0.789. The average Bonchev–Trinajstić information content (AvgIpc) is 3.14. The van der Waals surface area contributed by atoms with Gasteiger partial charge in [-0.25, -0.2) is 0 Å². The number of fused-ring (bicyclic) bond motifs is 3. The molecule has 2 heterocycles. The molecule has 33 heavy (non-hydrogen) atoms. The van der Waals surface area contributed by atoms with E-state index in [9.17, 15) is 15.3 Å². The Hall–Kier alpha value is -3.38. The van der Waals surface area contributed by atoms with E-state index in [-0.39, 0.29) is 5.78 Å². The third-order valence-corrected chi connectivity index (χ3v) is 7.23. The van der Waals surface area contributed by atoms with Crippen LogP contribution in [0.1, 0.15) is 27.4 Å². The molecule has 4 nitrogen and oxygen atoms in total. The lowest BCUT2D eigenvalue weighted by Gasteiger charge is -2.35. The zero-order valence-electron chi connectivity index (χ0n) is 17.3. The van der Waals surface area contributed by atoms with Crippen molar-refractivity contribution in [2.75, 3.05) is 4.90 Å². The minimum Gasteiger partial charge on any atom is -0.351 e. The number of nitriles is 2. The highest BCUT2D eigenvalue weighted by atomic mass is 79.9. The van der Waals surface area contributed by atoms with E-state index in [2.05, 4.69) is 28.1 Å². The quantitative estimate of drug-likeness (QED) is 0.380. The Morgan fingerprint density at radius 1 is 1.00 bits per heavy atom. The highest BCUT2D eigenvalue weighted by Crippen LogP contribution is 2.55. The van der Waals surface area contributed by atoms with Crippen LogP contribution in [-0.2, 0) is 0 Å². The van der Waals surface area contributed by atoms with Gasteiger partial charge >= 0.3 is 0 Å². The van der Waals surface area contributed by atoms with Crippen LogP contribution in [0, 0.1) is 28.1 Å². The maximum Gasteiger partial charge on any atom is 0.186 e. The average molecular weight is 515 g/mol. The van der Waals surface area contributed by atoms with Gasteiger partial charge in [-0.2, -0.15) is 10.5 Å². The molecule has 0 radical (unpaired) electrons. The lowest BCUT2D eigenvalue weighted by atomic mass is 9.69. The molecule has 0 bridgehead atoms. The fourth-order valence-corrected chi connectivity index (χ4v) is 5.69. The van der Waals surface area contributed by atoms with Crippen LogP contribution in [0.4, 0.5) is 5.69 Å². The molecule has 2 aliphatic heterocycles. The van der Waals surface area contributed by atoms with Gasteiger partial charge < -0.3 is 4.90 Å². The molecule has 3 aromatic rings. The van der Waals surface area contributed by atoms with Gasteiger partial charge in [-0.15, -0.1) is 0 Å². The fourth-order valence-electron chi connectivity index (χ4n) is 5.11. The largest absolute Gasteiger partial charge is 0.351 e. The van der Waals surface area contributed by atoms with Crippen molar-refractivity contribution in [2.24, 2.45) is 5.41 Å². The molecule has 1 saturated heterocycles. The number of hydrogen-bond donors (Lipinski definition) is 0. The lowest BCUT2D eigenvalue weighted by molar-refractivity contribution is 0.0951. The van der Waals surface area contributed by atoms with Crippen LogP contribution in [0.5, 0.6) is 0 Å². The third-order valence-electron chi connectivity index (χ3n) is 6.50. The van der Waals surface area contributed by atoms with Crippen LogP contribution in [0.15, 0.2) is 83.3 Å². The van der Waals surface area contributed by atoms with E-state index in [1.54, 1.807) is 18.2 Å². The van der Waals surface area contributed by atoms with Crippen molar-refractivity contribution >= 4 is 45.1 Å². The predicted octanol–water partition coefficient (Wildman–Crippen LogP) is 6.39. The van der Waals surface area contributed by atoms with E-state index in [0.29, 0.717) is 10.6 Å². The maximum atomic E-state index is 14.1. The predicted molar refractivity (Wildman–Crippen MR) is 132 cm³/mol.